The number of rotatable bonds is 4. The second-order valence-corrected chi connectivity index (χ2v) is 6.52. The Kier molecular flexibility index (Phi) is 5.13. The Labute approximate surface area is 145 Å². The normalized spacial score (nSPS) is 18.3. The summed E-state index contributed by atoms with van der Waals surface area (Å²) in [4.78, 5) is 14.4. The van der Waals surface area contributed by atoms with Gasteiger partial charge in [0.1, 0.15) is 11.6 Å². The summed E-state index contributed by atoms with van der Waals surface area (Å²) in [5.41, 5.74) is 1.44. The minimum Gasteiger partial charge on any atom is -0.348 e. The van der Waals surface area contributed by atoms with Crippen molar-refractivity contribution in [2.24, 2.45) is 7.05 Å². The van der Waals surface area contributed by atoms with E-state index < -0.39 is 11.6 Å². The number of hydrogen-bond acceptors (Lipinski definition) is 3. The summed E-state index contributed by atoms with van der Waals surface area (Å²) in [6.45, 7) is 3.37. The fourth-order valence-corrected chi connectivity index (χ4v) is 3.21. The van der Waals surface area contributed by atoms with Crippen LogP contribution < -0.4 is 5.32 Å². The number of nitrogens with one attached hydrogen (secondary N) is 1. The molecule has 0 bridgehead atoms. The van der Waals surface area contributed by atoms with Crippen LogP contribution in [0, 0.1) is 18.6 Å². The monoisotopic (exact) mass is 348 g/mol. The van der Waals surface area contributed by atoms with Gasteiger partial charge in [0.15, 0.2) is 0 Å². The standard InChI is InChI=1S/C18H22F2N4O/c1-12-14(9-21-23(12)2)18(25)22-13-5-4-8-24(10-13)11-15-16(19)6-3-7-17(15)20/h3,6-7,9,13H,4-5,8,10-11H2,1-2H3,(H,22,25)/t13-/m1/s1. The van der Waals surface area contributed by atoms with Gasteiger partial charge in [0.25, 0.3) is 5.91 Å². The van der Waals surface area contributed by atoms with E-state index in [4.69, 9.17) is 0 Å². The highest BCUT2D eigenvalue weighted by atomic mass is 19.1. The summed E-state index contributed by atoms with van der Waals surface area (Å²) >= 11 is 0. The highest BCUT2D eigenvalue weighted by molar-refractivity contribution is 5.95. The van der Waals surface area contributed by atoms with Gasteiger partial charge < -0.3 is 5.32 Å². The van der Waals surface area contributed by atoms with Crippen LogP contribution in [0.5, 0.6) is 0 Å². The van der Waals surface area contributed by atoms with Gasteiger partial charge in [-0.3, -0.25) is 14.4 Å². The molecule has 0 spiro atoms. The Balaban J connectivity index is 1.63. The molecule has 1 aromatic carbocycles. The lowest BCUT2D eigenvalue weighted by Gasteiger charge is -2.33. The van der Waals surface area contributed by atoms with Crippen molar-refractivity contribution in [2.45, 2.75) is 32.4 Å². The number of piperidine rings is 1. The smallest absolute Gasteiger partial charge is 0.255 e. The predicted molar refractivity (Wildman–Crippen MR) is 90.1 cm³/mol. The summed E-state index contributed by atoms with van der Waals surface area (Å²) in [5.74, 6) is -1.22. The van der Waals surface area contributed by atoms with Crippen LogP contribution in [0.4, 0.5) is 8.78 Å². The van der Waals surface area contributed by atoms with Gasteiger partial charge in [-0.25, -0.2) is 8.78 Å². The molecule has 1 saturated heterocycles. The zero-order valence-corrected chi connectivity index (χ0v) is 14.4. The lowest BCUT2D eigenvalue weighted by Crippen LogP contribution is -2.47. The molecular formula is C18H22F2N4O. The van der Waals surface area contributed by atoms with Crippen molar-refractivity contribution in [2.75, 3.05) is 13.1 Å². The Morgan fingerprint density at radius 1 is 1.36 bits per heavy atom. The van der Waals surface area contributed by atoms with Gasteiger partial charge in [0.05, 0.1) is 11.8 Å². The maximum Gasteiger partial charge on any atom is 0.255 e. The van der Waals surface area contributed by atoms with Crippen LogP contribution in [0.15, 0.2) is 24.4 Å². The van der Waals surface area contributed by atoms with E-state index in [1.54, 1.807) is 17.9 Å². The van der Waals surface area contributed by atoms with Gasteiger partial charge in [-0.05, 0) is 38.4 Å². The summed E-state index contributed by atoms with van der Waals surface area (Å²) in [5, 5.41) is 7.10. The van der Waals surface area contributed by atoms with E-state index in [2.05, 4.69) is 10.4 Å². The number of benzene rings is 1. The minimum absolute atomic E-state index is 0.0457. The van der Waals surface area contributed by atoms with E-state index >= 15 is 0 Å². The summed E-state index contributed by atoms with van der Waals surface area (Å²) in [7, 11) is 1.79. The van der Waals surface area contributed by atoms with Crippen LogP contribution in [-0.4, -0.2) is 39.7 Å². The predicted octanol–water partition coefficient (Wildman–Crippen LogP) is 2.40. The summed E-state index contributed by atoms with van der Waals surface area (Å²) < 4.78 is 29.3. The fourth-order valence-electron chi connectivity index (χ4n) is 3.21. The number of aromatic nitrogens is 2. The van der Waals surface area contributed by atoms with Gasteiger partial charge in [0.2, 0.25) is 0 Å². The van der Waals surface area contributed by atoms with Gasteiger partial charge in [0, 0.05) is 37.4 Å². The number of carbonyl (C=O) groups excluding carboxylic acids is 1. The third-order valence-electron chi connectivity index (χ3n) is 4.76. The third-order valence-corrected chi connectivity index (χ3v) is 4.76. The number of likely N-dealkylation sites (tertiary alicyclic amines) is 1. The molecule has 5 nitrogen and oxygen atoms in total. The maximum absolute atomic E-state index is 13.8. The van der Waals surface area contributed by atoms with Crippen molar-refractivity contribution in [3.63, 3.8) is 0 Å². The molecule has 3 rings (SSSR count). The first-order valence-electron chi connectivity index (χ1n) is 8.40. The summed E-state index contributed by atoms with van der Waals surface area (Å²) in [6, 6.07) is 3.86. The van der Waals surface area contributed by atoms with Crippen molar-refractivity contribution < 1.29 is 13.6 Å². The van der Waals surface area contributed by atoms with Crippen LogP contribution >= 0.6 is 0 Å². The molecule has 2 heterocycles. The van der Waals surface area contributed by atoms with Gasteiger partial charge in [-0.15, -0.1) is 0 Å². The molecule has 7 heteroatoms. The van der Waals surface area contributed by atoms with Crippen molar-refractivity contribution in [1.29, 1.82) is 0 Å². The molecule has 1 aromatic heterocycles. The average Bonchev–Trinajstić information content (AvgIpc) is 2.91. The van der Waals surface area contributed by atoms with E-state index in [-0.39, 0.29) is 24.1 Å². The van der Waals surface area contributed by atoms with E-state index in [1.165, 1.54) is 18.2 Å². The topological polar surface area (TPSA) is 50.2 Å². The molecule has 25 heavy (non-hydrogen) atoms. The second kappa shape index (κ2) is 7.31. The third kappa shape index (κ3) is 3.87. The number of halogens is 2. The maximum atomic E-state index is 13.8. The quantitative estimate of drug-likeness (QED) is 0.923. The number of nitrogens with zero attached hydrogens (tertiary/aromatic N) is 3. The highest BCUT2D eigenvalue weighted by Crippen LogP contribution is 2.18. The SMILES string of the molecule is Cc1c(C(=O)N[C@@H]2CCCN(Cc3c(F)cccc3F)C2)cnn1C. The summed E-state index contributed by atoms with van der Waals surface area (Å²) in [6.07, 6.45) is 3.27. The molecule has 1 aliphatic rings. The van der Waals surface area contributed by atoms with E-state index in [9.17, 15) is 13.6 Å². The molecule has 1 atom stereocenters. The molecule has 1 fully saturated rings. The van der Waals surface area contributed by atoms with Gasteiger partial charge in [-0.2, -0.15) is 5.10 Å². The first-order chi connectivity index (χ1) is 12.0. The van der Waals surface area contributed by atoms with Gasteiger partial charge in [-0.1, -0.05) is 6.07 Å². The average molecular weight is 348 g/mol. The molecule has 2 aromatic rings. The van der Waals surface area contributed by atoms with Crippen molar-refractivity contribution >= 4 is 5.91 Å². The van der Waals surface area contributed by atoms with Crippen molar-refractivity contribution in [3.8, 4) is 0 Å². The zero-order valence-electron chi connectivity index (χ0n) is 14.4. The lowest BCUT2D eigenvalue weighted by molar-refractivity contribution is 0.0898. The molecule has 134 valence electrons. The van der Waals surface area contributed by atoms with Crippen molar-refractivity contribution in [3.05, 3.63) is 52.9 Å². The molecule has 1 N–H and O–H groups in total. The number of aryl methyl sites for hydroxylation is 1. The Hall–Kier alpha value is -2.28. The molecule has 1 amide bonds. The van der Waals surface area contributed by atoms with Crippen LogP contribution in [0.1, 0.15) is 34.5 Å². The first kappa shape index (κ1) is 17.5. The number of hydrogen-bond donors (Lipinski definition) is 1. The zero-order chi connectivity index (χ0) is 18.0. The largest absolute Gasteiger partial charge is 0.348 e. The second-order valence-electron chi connectivity index (χ2n) is 6.52. The lowest BCUT2D eigenvalue weighted by atomic mass is 10.0. The van der Waals surface area contributed by atoms with E-state index in [0.717, 1.165) is 25.1 Å². The van der Waals surface area contributed by atoms with Crippen LogP contribution in [-0.2, 0) is 13.6 Å². The first-order valence-corrected chi connectivity index (χ1v) is 8.40. The number of amides is 1. The van der Waals surface area contributed by atoms with E-state index in [1.807, 2.05) is 11.8 Å². The molecule has 0 saturated carbocycles. The van der Waals surface area contributed by atoms with Crippen LogP contribution in [0.25, 0.3) is 0 Å². The fraction of sp³-hybridized carbons (Fsp3) is 0.444. The minimum atomic E-state index is -0.530. The van der Waals surface area contributed by atoms with Gasteiger partial charge >= 0.3 is 0 Å². The van der Waals surface area contributed by atoms with Crippen LogP contribution in [0.3, 0.4) is 0 Å². The molecule has 0 aliphatic carbocycles. The van der Waals surface area contributed by atoms with Crippen molar-refractivity contribution in [1.82, 2.24) is 20.0 Å². The van der Waals surface area contributed by atoms with E-state index in [0.29, 0.717) is 12.1 Å². The molecule has 0 radical (unpaired) electrons. The Bertz CT molecular complexity index is 754. The molecule has 1 aliphatic heterocycles. The number of carbonyl (C=O) groups is 1. The Morgan fingerprint density at radius 2 is 2.08 bits per heavy atom. The Morgan fingerprint density at radius 3 is 2.72 bits per heavy atom. The molecular weight excluding hydrogens is 326 g/mol. The molecule has 0 unspecified atom stereocenters. The van der Waals surface area contributed by atoms with Crippen LogP contribution in [0.2, 0.25) is 0 Å². The highest BCUT2D eigenvalue weighted by Gasteiger charge is 2.24.